The van der Waals surface area contributed by atoms with Gasteiger partial charge < -0.3 is 14.6 Å². The second-order valence-corrected chi connectivity index (χ2v) is 25.2. The van der Waals surface area contributed by atoms with Gasteiger partial charge in [-0.15, -0.1) is 0 Å². The summed E-state index contributed by atoms with van der Waals surface area (Å²) in [5.41, 5.74) is 13.7. The third kappa shape index (κ3) is 7.86. The topological polar surface area (TPSA) is 83.6 Å². The fourth-order valence-corrected chi connectivity index (χ4v) is 17.5. The Morgan fingerprint density at radius 2 is 0.900 bits per heavy atom. The molecule has 8 heteroatoms. The zero-order valence-electron chi connectivity index (χ0n) is 30.1. The van der Waals surface area contributed by atoms with Crippen LogP contribution in [0.4, 0.5) is 11.4 Å². The number of furan rings is 1. The van der Waals surface area contributed by atoms with Crippen LogP contribution in [0.15, 0.2) is 149 Å². The fraction of sp³-hybridized carbons (Fsp3) is 0.238. The minimum Gasteiger partial charge on any atom is -0.465 e. The number of rotatable bonds is 10. The van der Waals surface area contributed by atoms with Crippen molar-refractivity contribution in [3.8, 4) is 0 Å². The third-order valence-corrected chi connectivity index (χ3v) is 21.1. The molecule has 5 nitrogen and oxygen atoms in total. The first-order valence-corrected chi connectivity index (χ1v) is 22.7. The van der Waals surface area contributed by atoms with Crippen molar-refractivity contribution in [3.63, 3.8) is 0 Å². The van der Waals surface area contributed by atoms with Crippen LogP contribution >= 0.6 is 0 Å². The van der Waals surface area contributed by atoms with E-state index in [0.717, 1.165) is 5.69 Å². The van der Waals surface area contributed by atoms with Gasteiger partial charge in [0.05, 0.1) is 18.6 Å². The summed E-state index contributed by atoms with van der Waals surface area (Å²) in [5, 5.41) is 5.07. The summed E-state index contributed by atoms with van der Waals surface area (Å²) in [5.74, 6) is 0.688. The van der Waals surface area contributed by atoms with Crippen molar-refractivity contribution < 1.29 is 13.3 Å². The van der Waals surface area contributed by atoms with Gasteiger partial charge in [0, 0.05) is 0 Å². The summed E-state index contributed by atoms with van der Waals surface area (Å²) < 4.78 is 20.4. The first kappa shape index (κ1) is 37.4. The van der Waals surface area contributed by atoms with Gasteiger partial charge in [0.15, 0.2) is 5.76 Å². The van der Waals surface area contributed by atoms with Crippen molar-refractivity contribution in [2.45, 2.75) is 64.8 Å². The van der Waals surface area contributed by atoms with Gasteiger partial charge in [-0.05, 0) is 21.5 Å². The van der Waals surface area contributed by atoms with E-state index in [1.165, 1.54) is 25.2 Å². The molecule has 2 heterocycles. The maximum Gasteiger partial charge on any atom is 0.261 e. The van der Waals surface area contributed by atoms with Crippen molar-refractivity contribution in [1.82, 2.24) is 0 Å². The maximum absolute atomic E-state index is 6.90. The normalized spacial score (nSPS) is 12.3. The molecule has 4 N–H and O–H groups in total. The van der Waals surface area contributed by atoms with Gasteiger partial charge in [-0.3, -0.25) is 0 Å². The molecule has 0 saturated heterocycles. The van der Waals surface area contributed by atoms with E-state index >= 15 is 0 Å². The van der Waals surface area contributed by atoms with Crippen LogP contribution in [0.1, 0.15) is 51.7 Å². The smallest absolute Gasteiger partial charge is 0.261 e. The van der Waals surface area contributed by atoms with Crippen LogP contribution < -0.4 is 32.2 Å². The SMILES string of the molecule is CC(C)(C)[Si](OCc1[se]ccc1N)(c1ccccc1)c1ccccc1.CC(C)(C)[Si](OCc1occc1N)(c1ccccc1)c1ccccc1. The molecule has 0 unspecified atom stereocenters. The van der Waals surface area contributed by atoms with Crippen LogP contribution in [0.25, 0.3) is 0 Å². The molecule has 0 fully saturated rings. The zero-order chi connectivity index (χ0) is 35.8. The summed E-state index contributed by atoms with van der Waals surface area (Å²) in [6, 6.07) is 46.4. The molecule has 50 heavy (non-hydrogen) atoms. The first-order valence-electron chi connectivity index (χ1n) is 17.0. The molecule has 0 saturated carbocycles. The molecule has 0 spiro atoms. The predicted molar refractivity (Wildman–Crippen MR) is 216 cm³/mol. The minimum absolute atomic E-state index is 0.00403. The molecule has 0 radical (unpaired) electrons. The number of nitrogen functional groups attached to an aromatic ring is 2. The monoisotopic (exact) mass is 766 g/mol. The third-order valence-electron chi connectivity index (χ3n) is 9.23. The van der Waals surface area contributed by atoms with E-state index in [4.69, 9.17) is 24.7 Å². The summed E-state index contributed by atoms with van der Waals surface area (Å²) >= 11 is 0.315. The molecule has 6 aromatic rings. The molecule has 0 atom stereocenters. The Hall–Kier alpha value is -3.89. The van der Waals surface area contributed by atoms with E-state index < -0.39 is 16.6 Å². The van der Waals surface area contributed by atoms with Crippen LogP contribution in [0.3, 0.4) is 0 Å². The van der Waals surface area contributed by atoms with Gasteiger partial charge in [-0.2, -0.15) is 0 Å². The Bertz CT molecular complexity index is 1680. The van der Waals surface area contributed by atoms with Crippen LogP contribution in [-0.2, 0) is 22.1 Å². The first-order chi connectivity index (χ1) is 23.9. The summed E-state index contributed by atoms with van der Waals surface area (Å²) in [6.45, 7) is 14.7. The summed E-state index contributed by atoms with van der Waals surface area (Å²) in [4.78, 5) is 2.17. The minimum atomic E-state index is -2.54. The Morgan fingerprint density at radius 1 is 0.520 bits per heavy atom. The molecule has 260 valence electrons. The van der Waals surface area contributed by atoms with E-state index in [9.17, 15) is 0 Å². The molecule has 4 aromatic carbocycles. The zero-order valence-corrected chi connectivity index (χ0v) is 33.8. The molecular formula is C42H50N2O3SeSi2. The van der Waals surface area contributed by atoms with Crippen molar-refractivity contribution in [1.29, 1.82) is 0 Å². The van der Waals surface area contributed by atoms with Crippen molar-refractivity contribution >= 4 is 63.3 Å². The van der Waals surface area contributed by atoms with Crippen LogP contribution in [0.2, 0.25) is 10.1 Å². The van der Waals surface area contributed by atoms with E-state index in [0.29, 0.717) is 39.2 Å². The van der Waals surface area contributed by atoms with Crippen LogP contribution in [0.5, 0.6) is 0 Å². The van der Waals surface area contributed by atoms with Gasteiger partial charge in [0.25, 0.3) is 8.32 Å². The molecular weight excluding hydrogens is 716 g/mol. The van der Waals surface area contributed by atoms with Crippen molar-refractivity contribution in [2.75, 3.05) is 11.5 Å². The maximum atomic E-state index is 6.90. The number of hydrogen-bond donors (Lipinski definition) is 2. The standard InChI is InChI=1S/C21H25NO2Si.C21H25NOSeSi/c1-21(2,3)25(17-10-6-4-7-11-17,18-12-8-5-9-13-18)24-16-20-19(22)14-15-23-20;1-21(2,3)25(17-10-6-4-7-11-17,18-12-8-5-9-13-18)23-16-20-19(22)14-15-24-20/h2*4-15H,16,22H2,1-3H3. The Kier molecular flexibility index (Phi) is 11.9. The Labute approximate surface area is 306 Å². The fourth-order valence-electron chi connectivity index (χ4n) is 6.81. The number of hydrogen-bond acceptors (Lipinski definition) is 5. The molecule has 2 aromatic heterocycles. The summed E-state index contributed by atoms with van der Waals surface area (Å²) in [7, 11) is -5.00. The van der Waals surface area contributed by atoms with Gasteiger partial charge in [-0.1, -0.05) is 81.4 Å². The number of anilines is 2. The number of benzene rings is 4. The largest absolute Gasteiger partial charge is 0.465 e. The van der Waals surface area contributed by atoms with Gasteiger partial charge in [-0.25, -0.2) is 0 Å². The van der Waals surface area contributed by atoms with Crippen molar-refractivity contribution in [2.24, 2.45) is 0 Å². The average molecular weight is 766 g/mol. The van der Waals surface area contributed by atoms with Gasteiger partial charge in [0.1, 0.15) is 0 Å². The molecule has 0 aliphatic rings. The Morgan fingerprint density at radius 3 is 1.20 bits per heavy atom. The molecule has 0 bridgehead atoms. The van der Waals surface area contributed by atoms with E-state index in [1.807, 2.05) is 18.2 Å². The van der Waals surface area contributed by atoms with Gasteiger partial charge >= 0.3 is 158 Å². The second kappa shape index (κ2) is 16.0. The second-order valence-electron chi connectivity index (χ2n) is 14.5. The number of nitrogens with two attached hydrogens (primary N) is 2. The average Bonchev–Trinajstić information content (AvgIpc) is 3.73. The Balaban J connectivity index is 0.000000194. The molecule has 0 aliphatic carbocycles. The van der Waals surface area contributed by atoms with Crippen molar-refractivity contribution in [3.05, 3.63) is 155 Å². The quantitative estimate of drug-likeness (QED) is 0.143. The molecule has 0 aliphatic heterocycles. The van der Waals surface area contributed by atoms with E-state index in [2.05, 4.69) is 156 Å². The predicted octanol–water partition coefficient (Wildman–Crippen LogP) is 7.34. The van der Waals surface area contributed by atoms with Gasteiger partial charge in [0.2, 0.25) is 0 Å². The molecule has 6 rings (SSSR count). The van der Waals surface area contributed by atoms with Crippen LogP contribution in [-0.4, -0.2) is 31.1 Å². The summed E-state index contributed by atoms with van der Waals surface area (Å²) in [6.07, 6.45) is 1.61. The van der Waals surface area contributed by atoms with E-state index in [-0.39, 0.29) is 10.1 Å². The van der Waals surface area contributed by atoms with Crippen LogP contribution in [0, 0.1) is 0 Å². The molecule has 0 amide bonds. The van der Waals surface area contributed by atoms with E-state index in [1.54, 1.807) is 12.3 Å².